The van der Waals surface area contributed by atoms with Crippen molar-refractivity contribution in [2.24, 2.45) is 0 Å². The van der Waals surface area contributed by atoms with Crippen molar-refractivity contribution in [1.82, 2.24) is 4.57 Å². The van der Waals surface area contributed by atoms with Gasteiger partial charge in [0.1, 0.15) is 0 Å². The molecule has 0 amide bonds. The molecule has 0 spiro atoms. The van der Waals surface area contributed by atoms with E-state index in [1.54, 1.807) is 0 Å². The highest BCUT2D eigenvalue weighted by Crippen LogP contribution is 2.44. The molecule has 1 aliphatic heterocycles. The highest BCUT2D eigenvalue weighted by atomic mass is 15.1. The number of nitrogens with zero attached hydrogens (tertiary/aromatic N) is 2. The van der Waals surface area contributed by atoms with E-state index in [1.165, 1.54) is 68.3 Å². The topological polar surface area (TPSA) is 8.81 Å². The second kappa shape index (κ2) is 8.78. The van der Waals surface area contributed by atoms with E-state index in [0.717, 1.165) is 19.3 Å². The molecule has 2 heteroatoms. The summed E-state index contributed by atoms with van der Waals surface area (Å²) in [5.41, 5.74) is 10.1. The van der Waals surface area contributed by atoms with Crippen LogP contribution in [0.2, 0.25) is 0 Å². The summed E-state index contributed by atoms with van der Waals surface area (Å²) >= 11 is 0. The average molecular weight is 472 g/mol. The van der Waals surface area contributed by atoms with Gasteiger partial charge < -0.3 is 4.57 Å². The third-order valence-electron chi connectivity index (χ3n) is 8.47. The molecule has 0 saturated heterocycles. The zero-order chi connectivity index (χ0) is 24.9. The van der Waals surface area contributed by atoms with Gasteiger partial charge in [0.15, 0.2) is 11.7 Å². The first-order valence-corrected chi connectivity index (χ1v) is 13.5. The smallest absolute Gasteiger partial charge is 0.213 e. The zero-order valence-electron chi connectivity index (χ0n) is 21.7. The minimum atomic E-state index is -0.0772. The first-order valence-electron chi connectivity index (χ1n) is 13.5. The normalized spacial score (nSPS) is 14.2. The standard InChI is InChI=1S/C34H35N2/c1-5-8-13-25-17-19-29-28-14-9-10-16-32(28)36(33(29)22-25)26-18-20-27-24(4)34(6-2,7-3)35-21-12-11-15-31(35)30(27)23-26/h9-12,14-23H,4-8,13H2,1-3H3/q+1. The van der Waals surface area contributed by atoms with Crippen LogP contribution in [0, 0.1) is 0 Å². The zero-order valence-corrected chi connectivity index (χ0v) is 21.7. The first kappa shape index (κ1) is 22.8. The SMILES string of the molecule is C=C1c2ccc(-n3c4ccccc4c4ccc(CCCC)cc43)cc2-c2cccc[n+]2C1(CC)CC. The van der Waals surface area contributed by atoms with Crippen molar-refractivity contribution in [3.8, 4) is 16.9 Å². The largest absolute Gasteiger partial charge is 0.309 e. The van der Waals surface area contributed by atoms with Gasteiger partial charge in [0.25, 0.3) is 0 Å². The van der Waals surface area contributed by atoms with Gasteiger partial charge in [-0.05, 0) is 54.3 Å². The van der Waals surface area contributed by atoms with E-state index >= 15 is 0 Å². The molecule has 0 bridgehead atoms. The minimum Gasteiger partial charge on any atom is -0.309 e. The molecular weight excluding hydrogens is 436 g/mol. The molecule has 2 nitrogen and oxygen atoms in total. The van der Waals surface area contributed by atoms with E-state index < -0.39 is 0 Å². The number of pyridine rings is 1. The average Bonchev–Trinajstić information content (AvgIpc) is 3.26. The second-order valence-electron chi connectivity index (χ2n) is 10.2. The van der Waals surface area contributed by atoms with E-state index in [2.05, 4.69) is 122 Å². The predicted molar refractivity (Wildman–Crippen MR) is 153 cm³/mol. The van der Waals surface area contributed by atoms with E-state index in [4.69, 9.17) is 0 Å². The molecule has 6 rings (SSSR count). The number of benzene rings is 3. The molecule has 0 aliphatic carbocycles. The number of unbranched alkanes of at least 4 members (excludes halogenated alkanes) is 1. The van der Waals surface area contributed by atoms with Gasteiger partial charge in [-0.15, -0.1) is 0 Å². The second-order valence-corrected chi connectivity index (χ2v) is 10.2. The maximum atomic E-state index is 4.65. The molecule has 0 saturated carbocycles. The molecule has 0 N–H and O–H groups in total. The lowest BCUT2D eigenvalue weighted by Crippen LogP contribution is -2.59. The molecule has 0 unspecified atom stereocenters. The van der Waals surface area contributed by atoms with Gasteiger partial charge in [-0.2, -0.15) is 4.57 Å². The molecule has 3 aromatic carbocycles. The van der Waals surface area contributed by atoms with Crippen molar-refractivity contribution in [3.05, 3.63) is 103 Å². The Kier molecular flexibility index (Phi) is 5.56. The number of fused-ring (bicyclic) bond motifs is 6. The lowest BCUT2D eigenvalue weighted by atomic mass is 9.75. The molecule has 0 atom stereocenters. The Morgan fingerprint density at radius 1 is 0.778 bits per heavy atom. The maximum absolute atomic E-state index is 4.65. The monoisotopic (exact) mass is 471 g/mol. The van der Waals surface area contributed by atoms with Gasteiger partial charge in [0, 0.05) is 47.0 Å². The Morgan fingerprint density at radius 2 is 1.56 bits per heavy atom. The van der Waals surface area contributed by atoms with Crippen LogP contribution < -0.4 is 4.57 Å². The molecule has 180 valence electrons. The molecule has 0 radical (unpaired) electrons. The molecule has 0 fully saturated rings. The van der Waals surface area contributed by atoms with Gasteiger partial charge in [0.05, 0.1) is 16.6 Å². The number of aromatic nitrogens is 2. The summed E-state index contributed by atoms with van der Waals surface area (Å²) in [6.07, 6.45) is 7.85. The fraction of sp³-hybridized carbons (Fsp3) is 0.265. The minimum absolute atomic E-state index is 0.0772. The van der Waals surface area contributed by atoms with E-state index in [9.17, 15) is 0 Å². The van der Waals surface area contributed by atoms with Gasteiger partial charge in [0.2, 0.25) is 5.69 Å². The Bertz CT molecular complexity index is 1610. The summed E-state index contributed by atoms with van der Waals surface area (Å²) < 4.78 is 4.92. The maximum Gasteiger partial charge on any atom is 0.213 e. The van der Waals surface area contributed by atoms with Gasteiger partial charge in [-0.25, -0.2) is 0 Å². The molecular formula is C34H35N2+. The van der Waals surface area contributed by atoms with E-state index in [0.29, 0.717) is 0 Å². The molecule has 2 aromatic heterocycles. The van der Waals surface area contributed by atoms with Crippen molar-refractivity contribution >= 4 is 27.4 Å². The Hall–Kier alpha value is -3.65. The summed E-state index contributed by atoms with van der Waals surface area (Å²) in [5.74, 6) is 0. The van der Waals surface area contributed by atoms with Crippen LogP contribution in [0.4, 0.5) is 0 Å². The highest BCUT2D eigenvalue weighted by Gasteiger charge is 2.46. The fourth-order valence-corrected chi connectivity index (χ4v) is 6.43. The number of hydrogen-bond donors (Lipinski definition) is 0. The molecule has 3 heterocycles. The lowest BCUT2D eigenvalue weighted by molar-refractivity contribution is -0.741. The Labute approximate surface area is 214 Å². The van der Waals surface area contributed by atoms with Crippen molar-refractivity contribution in [2.45, 2.75) is 58.4 Å². The number of para-hydroxylation sites is 1. The van der Waals surface area contributed by atoms with Crippen LogP contribution in [0.5, 0.6) is 0 Å². The number of rotatable bonds is 6. The van der Waals surface area contributed by atoms with Crippen LogP contribution in [0.15, 0.2) is 91.6 Å². The van der Waals surface area contributed by atoms with Crippen molar-refractivity contribution in [3.63, 3.8) is 0 Å². The third kappa shape index (κ3) is 3.20. The van der Waals surface area contributed by atoms with E-state index in [-0.39, 0.29) is 5.54 Å². The van der Waals surface area contributed by atoms with Crippen molar-refractivity contribution < 1.29 is 4.57 Å². The molecule has 5 aromatic rings. The summed E-state index contributed by atoms with van der Waals surface area (Å²) in [6, 6.07) is 29.4. The summed E-state index contributed by atoms with van der Waals surface area (Å²) in [5, 5.41) is 2.63. The molecule has 1 aliphatic rings. The Balaban J connectivity index is 1.61. The quantitative estimate of drug-likeness (QED) is 0.219. The summed E-state index contributed by atoms with van der Waals surface area (Å²) in [7, 11) is 0. The van der Waals surface area contributed by atoms with Gasteiger partial charge in [-0.3, -0.25) is 0 Å². The first-order chi connectivity index (χ1) is 17.6. The van der Waals surface area contributed by atoms with Crippen LogP contribution in [0.1, 0.15) is 57.6 Å². The Morgan fingerprint density at radius 3 is 2.36 bits per heavy atom. The number of allylic oxidation sites excluding steroid dienone is 1. The van der Waals surface area contributed by atoms with Gasteiger partial charge >= 0.3 is 0 Å². The van der Waals surface area contributed by atoms with Crippen LogP contribution >= 0.6 is 0 Å². The summed E-state index contributed by atoms with van der Waals surface area (Å²) in [4.78, 5) is 0. The van der Waals surface area contributed by atoms with Crippen molar-refractivity contribution in [1.29, 1.82) is 0 Å². The number of aryl methyl sites for hydroxylation is 1. The van der Waals surface area contributed by atoms with Crippen LogP contribution in [-0.4, -0.2) is 4.57 Å². The fourth-order valence-electron chi connectivity index (χ4n) is 6.43. The summed E-state index contributed by atoms with van der Waals surface area (Å²) in [6.45, 7) is 11.5. The number of hydrogen-bond acceptors (Lipinski definition) is 0. The highest BCUT2D eigenvalue weighted by molar-refractivity contribution is 6.09. The van der Waals surface area contributed by atoms with Crippen LogP contribution in [0.25, 0.3) is 44.3 Å². The molecule has 36 heavy (non-hydrogen) atoms. The van der Waals surface area contributed by atoms with Crippen LogP contribution in [-0.2, 0) is 12.0 Å². The van der Waals surface area contributed by atoms with Gasteiger partial charge in [-0.1, -0.05) is 70.2 Å². The predicted octanol–water partition coefficient (Wildman–Crippen LogP) is 8.62. The van der Waals surface area contributed by atoms with Crippen molar-refractivity contribution in [2.75, 3.05) is 0 Å². The third-order valence-corrected chi connectivity index (χ3v) is 8.47. The van der Waals surface area contributed by atoms with E-state index in [1.807, 2.05) is 0 Å². The van der Waals surface area contributed by atoms with Crippen LogP contribution in [0.3, 0.4) is 0 Å². The lowest BCUT2D eigenvalue weighted by Gasteiger charge is -2.35.